The van der Waals surface area contributed by atoms with Crippen LogP contribution in [0.15, 0.2) is 42.7 Å². The number of hydrogen-bond acceptors (Lipinski definition) is 4. The summed E-state index contributed by atoms with van der Waals surface area (Å²) in [5.41, 5.74) is 2.88. The lowest BCUT2D eigenvalue weighted by atomic mass is 10.2. The first-order valence-corrected chi connectivity index (χ1v) is 5.13. The molecule has 18 heavy (non-hydrogen) atoms. The predicted molar refractivity (Wildman–Crippen MR) is 63.7 cm³/mol. The second kappa shape index (κ2) is 5.57. The highest BCUT2D eigenvalue weighted by Gasteiger charge is 2.04. The van der Waals surface area contributed by atoms with Gasteiger partial charge in [0.05, 0.1) is 0 Å². The molecule has 5 nitrogen and oxygen atoms in total. The molecule has 0 fully saturated rings. The number of amides is 1. The highest BCUT2D eigenvalue weighted by molar-refractivity contribution is 5.91. The zero-order valence-electron chi connectivity index (χ0n) is 9.29. The van der Waals surface area contributed by atoms with E-state index in [9.17, 15) is 4.79 Å². The predicted octanol–water partition coefficient (Wildman–Crippen LogP) is 0.995. The molecule has 0 aliphatic rings. The fourth-order valence-electron chi connectivity index (χ4n) is 1.26. The molecule has 2 rings (SSSR count). The van der Waals surface area contributed by atoms with Gasteiger partial charge in [-0.3, -0.25) is 15.0 Å². The lowest BCUT2D eigenvalue weighted by Gasteiger charge is -1.97. The number of hydroxylamine groups is 1. The van der Waals surface area contributed by atoms with Crippen molar-refractivity contribution in [2.24, 2.45) is 0 Å². The van der Waals surface area contributed by atoms with Gasteiger partial charge in [-0.05, 0) is 30.2 Å². The number of aromatic nitrogens is 2. The van der Waals surface area contributed by atoms with E-state index < -0.39 is 5.91 Å². The summed E-state index contributed by atoms with van der Waals surface area (Å²) in [6.07, 6.45) is 3.11. The standard InChI is InChI=1S/C13H9N3O2/c17-13(16-18)12-9-10(6-8-15-12)4-5-11-3-1-2-7-14-11/h1-3,6-9,18H,(H,16,17). The van der Waals surface area contributed by atoms with Crippen LogP contribution in [-0.2, 0) is 0 Å². The minimum Gasteiger partial charge on any atom is -0.288 e. The molecule has 1 amide bonds. The van der Waals surface area contributed by atoms with Crippen LogP contribution >= 0.6 is 0 Å². The zero-order chi connectivity index (χ0) is 12.8. The molecule has 0 aliphatic heterocycles. The maximum atomic E-state index is 11.2. The van der Waals surface area contributed by atoms with Crippen molar-refractivity contribution >= 4 is 5.91 Å². The van der Waals surface area contributed by atoms with Crippen molar-refractivity contribution in [1.82, 2.24) is 15.4 Å². The highest BCUT2D eigenvalue weighted by atomic mass is 16.5. The van der Waals surface area contributed by atoms with Gasteiger partial charge >= 0.3 is 0 Å². The van der Waals surface area contributed by atoms with Gasteiger partial charge in [0.1, 0.15) is 11.4 Å². The van der Waals surface area contributed by atoms with E-state index in [0.717, 1.165) is 0 Å². The number of rotatable bonds is 1. The fourth-order valence-corrected chi connectivity index (χ4v) is 1.26. The van der Waals surface area contributed by atoms with Crippen LogP contribution in [0.1, 0.15) is 21.7 Å². The average Bonchev–Trinajstić information content (AvgIpc) is 2.45. The van der Waals surface area contributed by atoms with Crippen molar-refractivity contribution < 1.29 is 10.0 Å². The molecule has 2 heterocycles. The Bertz CT molecular complexity index is 615. The minimum atomic E-state index is -0.670. The van der Waals surface area contributed by atoms with Gasteiger partial charge in [0.15, 0.2) is 0 Å². The Morgan fingerprint density at radius 2 is 2.06 bits per heavy atom. The summed E-state index contributed by atoms with van der Waals surface area (Å²) >= 11 is 0. The van der Waals surface area contributed by atoms with Crippen LogP contribution in [0.5, 0.6) is 0 Å². The fraction of sp³-hybridized carbons (Fsp3) is 0. The van der Waals surface area contributed by atoms with Crippen molar-refractivity contribution in [2.45, 2.75) is 0 Å². The molecule has 0 spiro atoms. The van der Waals surface area contributed by atoms with E-state index in [1.54, 1.807) is 24.4 Å². The summed E-state index contributed by atoms with van der Waals surface area (Å²) in [6, 6.07) is 8.59. The molecule has 0 unspecified atom stereocenters. The van der Waals surface area contributed by atoms with E-state index in [0.29, 0.717) is 11.3 Å². The van der Waals surface area contributed by atoms with Gasteiger partial charge in [-0.15, -0.1) is 0 Å². The first-order chi connectivity index (χ1) is 8.79. The Labute approximate surface area is 103 Å². The molecule has 0 saturated heterocycles. The van der Waals surface area contributed by atoms with E-state index in [2.05, 4.69) is 21.8 Å². The summed E-state index contributed by atoms with van der Waals surface area (Å²) in [7, 11) is 0. The molecule has 0 atom stereocenters. The van der Waals surface area contributed by atoms with Crippen LogP contribution < -0.4 is 5.48 Å². The summed E-state index contributed by atoms with van der Waals surface area (Å²) in [5.74, 6) is 5.06. The molecule has 2 aromatic heterocycles. The van der Waals surface area contributed by atoms with Gasteiger partial charge in [0, 0.05) is 18.0 Å². The van der Waals surface area contributed by atoms with E-state index in [1.165, 1.54) is 17.7 Å². The molecule has 5 heteroatoms. The molecule has 0 bridgehead atoms. The Hall–Kier alpha value is -2.71. The largest absolute Gasteiger partial charge is 0.293 e. The van der Waals surface area contributed by atoms with Crippen LogP contribution in [0, 0.1) is 11.8 Å². The molecule has 0 aliphatic carbocycles. The van der Waals surface area contributed by atoms with Crippen molar-refractivity contribution in [1.29, 1.82) is 0 Å². The molecule has 0 aromatic carbocycles. The number of carbonyl (C=O) groups excluding carboxylic acids is 1. The van der Waals surface area contributed by atoms with Crippen LogP contribution in [0.4, 0.5) is 0 Å². The Morgan fingerprint density at radius 3 is 2.78 bits per heavy atom. The number of carbonyl (C=O) groups is 1. The average molecular weight is 239 g/mol. The maximum Gasteiger partial charge on any atom is 0.293 e. The Balaban J connectivity index is 2.25. The van der Waals surface area contributed by atoms with Gasteiger partial charge in [-0.25, -0.2) is 10.5 Å². The second-order valence-electron chi connectivity index (χ2n) is 3.34. The van der Waals surface area contributed by atoms with Gasteiger partial charge in [0.25, 0.3) is 5.91 Å². The van der Waals surface area contributed by atoms with Gasteiger partial charge in [-0.2, -0.15) is 0 Å². The van der Waals surface area contributed by atoms with Crippen LogP contribution in [-0.4, -0.2) is 21.1 Å². The molecule has 0 radical (unpaired) electrons. The molecule has 2 N–H and O–H groups in total. The summed E-state index contributed by atoms with van der Waals surface area (Å²) in [4.78, 5) is 19.0. The molecular weight excluding hydrogens is 230 g/mol. The van der Waals surface area contributed by atoms with Crippen molar-refractivity contribution in [3.8, 4) is 11.8 Å². The van der Waals surface area contributed by atoms with Crippen LogP contribution in [0.25, 0.3) is 0 Å². The normalized spacial score (nSPS) is 9.17. The summed E-state index contributed by atoms with van der Waals surface area (Å²) < 4.78 is 0. The maximum absolute atomic E-state index is 11.2. The number of nitrogens with one attached hydrogen (secondary N) is 1. The van der Waals surface area contributed by atoms with Crippen molar-refractivity contribution in [3.63, 3.8) is 0 Å². The SMILES string of the molecule is O=C(NO)c1cc(C#Cc2ccccn2)ccn1. The molecule has 88 valence electrons. The van der Waals surface area contributed by atoms with Crippen LogP contribution in [0.3, 0.4) is 0 Å². The zero-order valence-corrected chi connectivity index (χ0v) is 9.29. The topological polar surface area (TPSA) is 75.1 Å². The minimum absolute atomic E-state index is 0.102. The number of nitrogens with zero attached hydrogens (tertiary/aromatic N) is 2. The van der Waals surface area contributed by atoms with Gasteiger partial charge in [-0.1, -0.05) is 12.0 Å². The van der Waals surface area contributed by atoms with E-state index in [1.807, 2.05) is 6.07 Å². The van der Waals surface area contributed by atoms with E-state index in [-0.39, 0.29) is 5.69 Å². The third-order valence-corrected chi connectivity index (χ3v) is 2.09. The third-order valence-electron chi connectivity index (χ3n) is 2.09. The molecule has 0 saturated carbocycles. The number of hydrogen-bond donors (Lipinski definition) is 2. The third kappa shape index (κ3) is 2.90. The van der Waals surface area contributed by atoms with Gasteiger partial charge in [0.2, 0.25) is 0 Å². The molecular formula is C13H9N3O2. The lowest BCUT2D eigenvalue weighted by molar-refractivity contribution is 0.0700. The highest BCUT2D eigenvalue weighted by Crippen LogP contribution is 2.00. The summed E-state index contributed by atoms with van der Waals surface area (Å²) in [5, 5.41) is 8.50. The first kappa shape index (κ1) is 11.8. The quantitative estimate of drug-likeness (QED) is 0.442. The molecule has 2 aromatic rings. The first-order valence-electron chi connectivity index (χ1n) is 5.13. The Morgan fingerprint density at radius 1 is 1.17 bits per heavy atom. The second-order valence-corrected chi connectivity index (χ2v) is 3.34. The summed E-state index contributed by atoms with van der Waals surface area (Å²) in [6.45, 7) is 0. The smallest absolute Gasteiger partial charge is 0.288 e. The van der Waals surface area contributed by atoms with E-state index in [4.69, 9.17) is 5.21 Å². The van der Waals surface area contributed by atoms with Crippen LogP contribution in [0.2, 0.25) is 0 Å². The number of pyridine rings is 2. The van der Waals surface area contributed by atoms with E-state index >= 15 is 0 Å². The monoisotopic (exact) mass is 239 g/mol. The van der Waals surface area contributed by atoms with Gasteiger partial charge < -0.3 is 0 Å². The lowest BCUT2D eigenvalue weighted by Crippen LogP contribution is -2.19. The van der Waals surface area contributed by atoms with Crippen molar-refractivity contribution in [2.75, 3.05) is 0 Å². The van der Waals surface area contributed by atoms with Crippen molar-refractivity contribution in [3.05, 3.63) is 59.7 Å². The Kier molecular flexibility index (Phi) is 3.64.